The van der Waals surface area contributed by atoms with Gasteiger partial charge in [0.05, 0.1) is 0 Å². The monoisotopic (exact) mass is 226 g/mol. The average molecular weight is 226 g/mol. The predicted octanol–water partition coefficient (Wildman–Crippen LogP) is 2.14. The summed E-state index contributed by atoms with van der Waals surface area (Å²) in [5.41, 5.74) is 5.55. The molecule has 0 bridgehead atoms. The predicted molar refractivity (Wildman–Crippen MR) is 64.1 cm³/mol. The van der Waals surface area contributed by atoms with Gasteiger partial charge in [0.15, 0.2) is 0 Å². The molecule has 1 heterocycles. The molecule has 1 fully saturated rings. The molecular weight excluding hydrogens is 208 g/mol. The minimum absolute atomic E-state index is 0.408. The van der Waals surface area contributed by atoms with Crippen molar-refractivity contribution in [2.24, 2.45) is 5.92 Å². The van der Waals surface area contributed by atoms with Gasteiger partial charge in [-0.1, -0.05) is 13.8 Å². The van der Waals surface area contributed by atoms with Crippen molar-refractivity contribution in [1.82, 2.24) is 9.36 Å². The Kier molecular flexibility index (Phi) is 3.09. The van der Waals surface area contributed by atoms with E-state index in [0.29, 0.717) is 12.0 Å². The summed E-state index contributed by atoms with van der Waals surface area (Å²) in [4.78, 5) is 6.63. The van der Waals surface area contributed by atoms with E-state index in [9.17, 15) is 0 Å². The maximum Gasteiger partial charge on any atom is 0.233 e. The van der Waals surface area contributed by atoms with Gasteiger partial charge in [-0.25, -0.2) is 0 Å². The smallest absolute Gasteiger partial charge is 0.233 e. The van der Waals surface area contributed by atoms with Crippen LogP contribution in [0.4, 0.5) is 11.1 Å². The van der Waals surface area contributed by atoms with Crippen LogP contribution in [0, 0.1) is 5.92 Å². The van der Waals surface area contributed by atoms with Gasteiger partial charge in [-0.15, -0.1) is 0 Å². The van der Waals surface area contributed by atoms with Crippen molar-refractivity contribution in [3.8, 4) is 0 Å². The van der Waals surface area contributed by atoms with E-state index in [2.05, 4.69) is 28.1 Å². The van der Waals surface area contributed by atoms with Gasteiger partial charge in [-0.3, -0.25) is 0 Å². The molecule has 0 amide bonds. The summed E-state index contributed by atoms with van der Waals surface area (Å²) in [5.74, 6) is 1.14. The number of hydrogen-bond acceptors (Lipinski definition) is 5. The van der Waals surface area contributed by atoms with E-state index in [-0.39, 0.29) is 0 Å². The van der Waals surface area contributed by atoms with E-state index in [4.69, 9.17) is 5.73 Å². The van der Waals surface area contributed by atoms with Gasteiger partial charge in [0.25, 0.3) is 0 Å². The first kappa shape index (κ1) is 10.7. The molecule has 0 unspecified atom stereocenters. The number of nitrogens with two attached hydrogens (primary N) is 1. The molecule has 0 aliphatic heterocycles. The van der Waals surface area contributed by atoms with Crippen LogP contribution in [0.1, 0.15) is 33.1 Å². The van der Waals surface area contributed by atoms with Crippen molar-refractivity contribution in [3.05, 3.63) is 0 Å². The van der Waals surface area contributed by atoms with Gasteiger partial charge in [0, 0.05) is 24.1 Å². The van der Waals surface area contributed by atoms with Crippen molar-refractivity contribution in [2.45, 2.75) is 39.2 Å². The lowest BCUT2D eigenvalue weighted by Crippen LogP contribution is -2.27. The molecule has 1 aromatic heterocycles. The number of aromatic nitrogens is 2. The summed E-state index contributed by atoms with van der Waals surface area (Å²) >= 11 is 1.42. The van der Waals surface area contributed by atoms with Crippen LogP contribution in [0.15, 0.2) is 0 Å². The molecule has 2 rings (SSSR count). The molecule has 15 heavy (non-hydrogen) atoms. The van der Waals surface area contributed by atoms with E-state index in [0.717, 1.165) is 17.6 Å². The summed E-state index contributed by atoms with van der Waals surface area (Å²) in [6, 6.07) is 0.691. The summed E-state index contributed by atoms with van der Waals surface area (Å²) in [6.45, 7) is 5.58. The van der Waals surface area contributed by atoms with Crippen LogP contribution < -0.4 is 10.6 Å². The van der Waals surface area contributed by atoms with Gasteiger partial charge < -0.3 is 10.6 Å². The Hall–Kier alpha value is -0.840. The molecule has 1 aliphatic rings. The van der Waals surface area contributed by atoms with Crippen LogP contribution in [0.2, 0.25) is 0 Å². The quantitative estimate of drug-likeness (QED) is 0.835. The Morgan fingerprint density at radius 3 is 2.73 bits per heavy atom. The topological polar surface area (TPSA) is 55.0 Å². The highest BCUT2D eigenvalue weighted by molar-refractivity contribution is 7.09. The third kappa shape index (κ3) is 2.81. The van der Waals surface area contributed by atoms with Crippen molar-refractivity contribution in [3.63, 3.8) is 0 Å². The SMILES string of the molecule is CC(C)CCN(c1nc(N)ns1)C1CC1. The molecule has 0 saturated heterocycles. The second-order valence-electron chi connectivity index (χ2n) is 4.54. The molecule has 1 aliphatic carbocycles. The van der Waals surface area contributed by atoms with Crippen LogP contribution >= 0.6 is 11.5 Å². The summed E-state index contributed by atoms with van der Waals surface area (Å²) in [5, 5.41) is 0.996. The Balaban J connectivity index is 1.99. The first-order chi connectivity index (χ1) is 7.16. The third-order valence-corrected chi connectivity index (χ3v) is 3.38. The molecule has 1 aromatic rings. The van der Waals surface area contributed by atoms with Crippen LogP contribution in [0.5, 0.6) is 0 Å². The molecule has 4 nitrogen and oxygen atoms in total. The van der Waals surface area contributed by atoms with Gasteiger partial charge >= 0.3 is 0 Å². The molecule has 0 spiro atoms. The Labute approximate surface area is 94.7 Å². The molecule has 0 atom stereocenters. The zero-order chi connectivity index (χ0) is 10.8. The van der Waals surface area contributed by atoms with E-state index >= 15 is 0 Å². The normalized spacial score (nSPS) is 15.9. The first-order valence-electron chi connectivity index (χ1n) is 5.52. The van der Waals surface area contributed by atoms with Gasteiger partial charge in [0.2, 0.25) is 11.1 Å². The van der Waals surface area contributed by atoms with E-state index < -0.39 is 0 Å². The largest absolute Gasteiger partial charge is 0.367 e. The number of rotatable bonds is 5. The van der Waals surface area contributed by atoms with Gasteiger partial charge in [0.1, 0.15) is 0 Å². The summed E-state index contributed by atoms with van der Waals surface area (Å²) < 4.78 is 4.04. The van der Waals surface area contributed by atoms with Crippen molar-refractivity contribution < 1.29 is 0 Å². The van der Waals surface area contributed by atoms with Crippen LogP contribution in [-0.2, 0) is 0 Å². The lowest BCUT2D eigenvalue weighted by atomic mass is 10.1. The maximum atomic E-state index is 5.55. The zero-order valence-corrected chi connectivity index (χ0v) is 10.1. The van der Waals surface area contributed by atoms with Crippen LogP contribution in [-0.4, -0.2) is 21.9 Å². The van der Waals surface area contributed by atoms with Crippen LogP contribution in [0.3, 0.4) is 0 Å². The van der Waals surface area contributed by atoms with E-state index in [1.807, 2.05) is 0 Å². The second kappa shape index (κ2) is 4.35. The number of nitrogens with zero attached hydrogens (tertiary/aromatic N) is 3. The minimum Gasteiger partial charge on any atom is -0.367 e. The fourth-order valence-electron chi connectivity index (χ4n) is 1.56. The average Bonchev–Trinajstić information content (AvgIpc) is 2.90. The molecular formula is C10H18N4S. The molecule has 0 radical (unpaired) electrons. The number of nitrogen functional groups attached to an aromatic ring is 1. The Morgan fingerprint density at radius 1 is 1.53 bits per heavy atom. The Bertz CT molecular complexity index is 319. The summed E-state index contributed by atoms with van der Waals surface area (Å²) in [7, 11) is 0. The Morgan fingerprint density at radius 2 is 2.27 bits per heavy atom. The fourth-order valence-corrected chi connectivity index (χ4v) is 2.26. The van der Waals surface area contributed by atoms with Crippen LogP contribution in [0.25, 0.3) is 0 Å². The molecule has 5 heteroatoms. The highest BCUT2D eigenvalue weighted by atomic mass is 32.1. The molecule has 84 valence electrons. The summed E-state index contributed by atoms with van der Waals surface area (Å²) in [6.07, 6.45) is 3.78. The number of anilines is 2. The first-order valence-corrected chi connectivity index (χ1v) is 6.30. The standard InChI is InChI=1S/C10H18N4S/c1-7(2)5-6-14(8-3-4-8)10-12-9(11)13-15-10/h7-8H,3-6H2,1-2H3,(H2,11,13). The van der Waals surface area contributed by atoms with Crippen molar-refractivity contribution >= 4 is 22.6 Å². The second-order valence-corrected chi connectivity index (χ2v) is 5.27. The third-order valence-electron chi connectivity index (χ3n) is 2.61. The maximum absolute atomic E-state index is 5.55. The lowest BCUT2D eigenvalue weighted by molar-refractivity contribution is 0.570. The fraction of sp³-hybridized carbons (Fsp3) is 0.800. The number of hydrogen-bond donors (Lipinski definition) is 1. The van der Waals surface area contributed by atoms with E-state index in [1.165, 1.54) is 30.8 Å². The van der Waals surface area contributed by atoms with Gasteiger partial charge in [-0.05, 0) is 25.2 Å². The minimum atomic E-state index is 0.408. The molecule has 0 aromatic carbocycles. The lowest BCUT2D eigenvalue weighted by Gasteiger charge is -2.21. The molecule has 2 N–H and O–H groups in total. The highest BCUT2D eigenvalue weighted by Crippen LogP contribution is 2.33. The molecule has 1 saturated carbocycles. The van der Waals surface area contributed by atoms with Gasteiger partial charge in [-0.2, -0.15) is 9.36 Å². The van der Waals surface area contributed by atoms with E-state index in [1.54, 1.807) is 0 Å². The highest BCUT2D eigenvalue weighted by Gasteiger charge is 2.30. The zero-order valence-electron chi connectivity index (χ0n) is 9.31. The van der Waals surface area contributed by atoms with Crippen molar-refractivity contribution in [2.75, 3.05) is 17.2 Å². The van der Waals surface area contributed by atoms with Crippen molar-refractivity contribution in [1.29, 1.82) is 0 Å².